The molecule has 0 aliphatic heterocycles. The van der Waals surface area contributed by atoms with Crippen LogP contribution in [-0.2, 0) is 21.5 Å². The maximum absolute atomic E-state index is 12.7. The number of hydrogen-bond donors (Lipinski definition) is 1. The van der Waals surface area contributed by atoms with Gasteiger partial charge in [-0.25, -0.2) is 0 Å². The van der Waals surface area contributed by atoms with E-state index in [0.29, 0.717) is 23.5 Å². The number of nitrogens with two attached hydrogens (primary N) is 1. The van der Waals surface area contributed by atoms with Gasteiger partial charge in [0, 0.05) is 6.08 Å². The normalized spacial score (nSPS) is 12.0. The summed E-state index contributed by atoms with van der Waals surface area (Å²) in [6.07, 6.45) is 2.25. The highest BCUT2D eigenvalue weighted by Gasteiger charge is 2.48. The predicted molar refractivity (Wildman–Crippen MR) is 116 cm³/mol. The number of halogens is 3. The average Bonchev–Trinajstić information content (AvgIpc) is 2.76. The molecule has 0 aliphatic rings. The molecule has 0 spiro atoms. The molecule has 6 nitrogen and oxygen atoms in total. The van der Waals surface area contributed by atoms with Gasteiger partial charge < -0.3 is 14.7 Å². The van der Waals surface area contributed by atoms with Crippen molar-refractivity contribution in [2.75, 3.05) is 0 Å². The SMILES string of the molecule is NC(=O)/C=C/c1cc(OS(=O)(=O)C(F)(F)F)ccc1-c1cccc(OCc2ccccc2)c1. The van der Waals surface area contributed by atoms with Gasteiger partial charge >= 0.3 is 15.6 Å². The lowest BCUT2D eigenvalue weighted by atomic mass is 9.98. The fourth-order valence-electron chi connectivity index (χ4n) is 2.83. The summed E-state index contributed by atoms with van der Waals surface area (Å²) in [7, 11) is -5.85. The molecule has 0 heterocycles. The molecule has 0 bridgehead atoms. The summed E-state index contributed by atoms with van der Waals surface area (Å²) in [4.78, 5) is 11.2. The highest BCUT2D eigenvalue weighted by Crippen LogP contribution is 2.33. The van der Waals surface area contributed by atoms with Crippen molar-refractivity contribution in [3.05, 3.63) is 90.0 Å². The van der Waals surface area contributed by atoms with Crippen LogP contribution >= 0.6 is 0 Å². The van der Waals surface area contributed by atoms with E-state index in [1.807, 2.05) is 30.3 Å². The molecule has 0 saturated heterocycles. The number of amides is 1. The summed E-state index contributed by atoms with van der Waals surface area (Å²) >= 11 is 0. The van der Waals surface area contributed by atoms with Crippen LogP contribution in [0.1, 0.15) is 11.1 Å². The number of carbonyl (C=O) groups excluding carboxylic acids is 1. The first kappa shape index (κ1) is 23.9. The summed E-state index contributed by atoms with van der Waals surface area (Å²) < 4.78 is 70.6. The Hall–Kier alpha value is -3.79. The van der Waals surface area contributed by atoms with Crippen LogP contribution in [0, 0.1) is 0 Å². The molecule has 0 aromatic heterocycles. The second-order valence-corrected chi connectivity index (χ2v) is 8.31. The van der Waals surface area contributed by atoms with E-state index in [9.17, 15) is 26.4 Å². The Morgan fingerprint density at radius 1 is 0.939 bits per heavy atom. The molecule has 3 aromatic carbocycles. The van der Waals surface area contributed by atoms with Gasteiger partial charge in [-0.2, -0.15) is 21.6 Å². The van der Waals surface area contributed by atoms with Gasteiger partial charge in [-0.05, 0) is 52.6 Å². The molecule has 172 valence electrons. The van der Waals surface area contributed by atoms with Crippen molar-refractivity contribution < 1.29 is 35.3 Å². The molecule has 0 radical (unpaired) electrons. The van der Waals surface area contributed by atoms with Crippen LogP contribution < -0.4 is 14.7 Å². The third kappa shape index (κ3) is 6.36. The van der Waals surface area contributed by atoms with Gasteiger partial charge in [-0.15, -0.1) is 0 Å². The zero-order chi connectivity index (χ0) is 24.1. The Morgan fingerprint density at radius 2 is 1.67 bits per heavy atom. The standard InChI is InChI=1S/C23H18F3NO5S/c24-23(25,26)33(29,30)32-20-10-11-21(18(14-20)9-12-22(27)28)17-7-4-8-19(13-17)31-15-16-5-2-1-3-6-16/h1-14H,15H2,(H2,27,28)/b12-9+. The summed E-state index contributed by atoms with van der Waals surface area (Å²) in [5.41, 5.74) is 1.80. The van der Waals surface area contributed by atoms with E-state index in [1.54, 1.807) is 24.3 Å². The van der Waals surface area contributed by atoms with Crippen LogP contribution in [0.2, 0.25) is 0 Å². The van der Waals surface area contributed by atoms with Crippen LogP contribution in [0.15, 0.2) is 78.9 Å². The predicted octanol–water partition coefficient (Wildman–Crippen LogP) is 4.66. The maximum Gasteiger partial charge on any atom is 0.534 e. The quantitative estimate of drug-likeness (QED) is 0.289. The molecule has 2 N–H and O–H groups in total. The Balaban J connectivity index is 1.93. The van der Waals surface area contributed by atoms with Crippen molar-refractivity contribution in [2.24, 2.45) is 5.73 Å². The van der Waals surface area contributed by atoms with Gasteiger partial charge in [0.2, 0.25) is 5.91 Å². The Bertz CT molecular complexity index is 1270. The van der Waals surface area contributed by atoms with Gasteiger partial charge in [0.1, 0.15) is 18.1 Å². The minimum atomic E-state index is -5.85. The van der Waals surface area contributed by atoms with E-state index in [-0.39, 0.29) is 5.56 Å². The molecule has 0 saturated carbocycles. The fraction of sp³-hybridized carbons (Fsp3) is 0.0870. The van der Waals surface area contributed by atoms with Crippen LogP contribution in [0.3, 0.4) is 0 Å². The smallest absolute Gasteiger partial charge is 0.489 e. The van der Waals surface area contributed by atoms with E-state index in [4.69, 9.17) is 10.5 Å². The zero-order valence-electron chi connectivity index (χ0n) is 17.0. The van der Waals surface area contributed by atoms with Gasteiger partial charge in [0.15, 0.2) is 0 Å². The lowest BCUT2D eigenvalue weighted by molar-refractivity contribution is -0.113. The summed E-state index contributed by atoms with van der Waals surface area (Å²) in [6, 6.07) is 19.9. The third-order valence-electron chi connectivity index (χ3n) is 4.33. The molecule has 33 heavy (non-hydrogen) atoms. The summed E-state index contributed by atoms with van der Waals surface area (Å²) in [5.74, 6) is -0.840. The van der Waals surface area contributed by atoms with E-state index in [0.717, 1.165) is 23.8 Å². The van der Waals surface area contributed by atoms with Crippen molar-refractivity contribution in [2.45, 2.75) is 12.1 Å². The monoisotopic (exact) mass is 477 g/mol. The van der Waals surface area contributed by atoms with Crippen LogP contribution in [-0.4, -0.2) is 19.8 Å². The highest BCUT2D eigenvalue weighted by atomic mass is 32.2. The van der Waals surface area contributed by atoms with Crippen molar-refractivity contribution in [3.8, 4) is 22.6 Å². The lowest BCUT2D eigenvalue weighted by Crippen LogP contribution is -2.28. The van der Waals surface area contributed by atoms with E-state index in [2.05, 4.69) is 4.18 Å². The average molecular weight is 477 g/mol. The second-order valence-electron chi connectivity index (χ2n) is 6.77. The molecule has 10 heteroatoms. The largest absolute Gasteiger partial charge is 0.534 e. The number of rotatable bonds is 8. The van der Waals surface area contributed by atoms with Gasteiger partial charge in [-0.1, -0.05) is 48.5 Å². The first-order valence-corrected chi connectivity index (χ1v) is 10.9. The van der Waals surface area contributed by atoms with Gasteiger partial charge in [0.05, 0.1) is 0 Å². The second kappa shape index (κ2) is 9.78. The summed E-state index contributed by atoms with van der Waals surface area (Å²) in [6.45, 7) is 0.320. The lowest BCUT2D eigenvalue weighted by Gasteiger charge is -2.13. The molecular formula is C23H18F3NO5S. The number of carbonyl (C=O) groups is 1. The van der Waals surface area contributed by atoms with Crippen molar-refractivity contribution in [3.63, 3.8) is 0 Å². The van der Waals surface area contributed by atoms with Crippen LogP contribution in [0.4, 0.5) is 13.2 Å². The number of ether oxygens (including phenoxy) is 1. The van der Waals surface area contributed by atoms with Crippen molar-refractivity contribution >= 4 is 22.1 Å². The van der Waals surface area contributed by atoms with Crippen LogP contribution in [0.5, 0.6) is 11.5 Å². The Morgan fingerprint density at radius 3 is 2.33 bits per heavy atom. The van der Waals surface area contributed by atoms with E-state index < -0.39 is 27.3 Å². The van der Waals surface area contributed by atoms with E-state index >= 15 is 0 Å². The number of alkyl halides is 3. The minimum Gasteiger partial charge on any atom is -0.489 e. The molecule has 0 atom stereocenters. The number of hydrogen-bond acceptors (Lipinski definition) is 5. The molecule has 0 unspecified atom stereocenters. The van der Waals surface area contributed by atoms with E-state index in [1.165, 1.54) is 12.1 Å². The van der Waals surface area contributed by atoms with Crippen LogP contribution in [0.25, 0.3) is 17.2 Å². The molecule has 1 amide bonds. The highest BCUT2D eigenvalue weighted by molar-refractivity contribution is 7.88. The Kier molecular flexibility index (Phi) is 7.07. The first-order chi connectivity index (χ1) is 15.5. The third-order valence-corrected chi connectivity index (χ3v) is 5.31. The maximum atomic E-state index is 12.7. The molecule has 3 aromatic rings. The molecule has 0 fully saturated rings. The molecule has 0 aliphatic carbocycles. The fourth-order valence-corrected chi connectivity index (χ4v) is 3.29. The number of benzene rings is 3. The number of primary amides is 1. The van der Waals surface area contributed by atoms with Gasteiger partial charge in [0.25, 0.3) is 0 Å². The Labute approximate surface area is 188 Å². The first-order valence-electron chi connectivity index (χ1n) is 9.45. The molecular weight excluding hydrogens is 459 g/mol. The summed E-state index contributed by atoms with van der Waals surface area (Å²) in [5, 5.41) is 0. The van der Waals surface area contributed by atoms with Crippen molar-refractivity contribution in [1.82, 2.24) is 0 Å². The molecule has 3 rings (SSSR count). The topological polar surface area (TPSA) is 95.7 Å². The van der Waals surface area contributed by atoms with Crippen molar-refractivity contribution in [1.29, 1.82) is 0 Å². The minimum absolute atomic E-state index is 0.212. The zero-order valence-corrected chi connectivity index (χ0v) is 17.8. The van der Waals surface area contributed by atoms with Gasteiger partial charge in [-0.3, -0.25) is 4.79 Å².